The van der Waals surface area contributed by atoms with Gasteiger partial charge >= 0.3 is 0 Å². The molecule has 0 bridgehead atoms. The number of likely N-dealkylation sites (N-methyl/N-ethyl adjacent to an activating group) is 1. The van der Waals surface area contributed by atoms with Crippen molar-refractivity contribution < 1.29 is 22.7 Å². The van der Waals surface area contributed by atoms with Crippen LogP contribution in [0.3, 0.4) is 0 Å². The minimum atomic E-state index is -3.95. The summed E-state index contributed by atoms with van der Waals surface area (Å²) in [4.78, 5) is 14.4. The summed E-state index contributed by atoms with van der Waals surface area (Å²) in [6, 6.07) is 12.8. The van der Waals surface area contributed by atoms with E-state index in [0.29, 0.717) is 30.3 Å². The molecule has 0 spiro atoms. The maximum absolute atomic E-state index is 13.3. The molecule has 2 rings (SSSR count). The number of amides is 1. The van der Waals surface area contributed by atoms with E-state index in [1.54, 1.807) is 41.3 Å². The van der Waals surface area contributed by atoms with E-state index in [1.165, 1.54) is 26.4 Å². The van der Waals surface area contributed by atoms with Gasteiger partial charge in [0.25, 0.3) is 10.0 Å². The first-order valence-electron chi connectivity index (χ1n) is 8.96. The van der Waals surface area contributed by atoms with Crippen LogP contribution < -0.4 is 13.8 Å². The summed E-state index contributed by atoms with van der Waals surface area (Å²) >= 11 is 0. The molecule has 0 saturated carbocycles. The SMILES string of the molecule is CCN(CC)C(=O)CN(c1ccc(OC)c(OC)c1)S(=O)(=O)c1ccccc1. The van der Waals surface area contributed by atoms with Gasteiger partial charge in [-0.05, 0) is 38.1 Å². The Labute approximate surface area is 166 Å². The highest BCUT2D eigenvalue weighted by Crippen LogP contribution is 2.33. The van der Waals surface area contributed by atoms with Gasteiger partial charge in [0.15, 0.2) is 11.5 Å². The lowest BCUT2D eigenvalue weighted by atomic mass is 10.2. The molecule has 28 heavy (non-hydrogen) atoms. The number of carbonyl (C=O) groups is 1. The molecular formula is C20H26N2O5S. The molecule has 0 heterocycles. The van der Waals surface area contributed by atoms with Gasteiger partial charge in [-0.3, -0.25) is 9.10 Å². The fourth-order valence-corrected chi connectivity index (χ4v) is 4.24. The summed E-state index contributed by atoms with van der Waals surface area (Å²) in [5.74, 6) is 0.571. The highest BCUT2D eigenvalue weighted by atomic mass is 32.2. The molecule has 8 heteroatoms. The summed E-state index contributed by atoms with van der Waals surface area (Å²) in [5, 5.41) is 0. The van der Waals surface area contributed by atoms with Crippen LogP contribution in [-0.4, -0.2) is 53.1 Å². The normalized spacial score (nSPS) is 11.0. The predicted molar refractivity (Wildman–Crippen MR) is 108 cm³/mol. The van der Waals surface area contributed by atoms with Crippen molar-refractivity contribution in [2.45, 2.75) is 18.7 Å². The highest BCUT2D eigenvalue weighted by molar-refractivity contribution is 7.92. The van der Waals surface area contributed by atoms with Crippen LogP contribution in [0.1, 0.15) is 13.8 Å². The van der Waals surface area contributed by atoms with Gasteiger partial charge in [-0.1, -0.05) is 18.2 Å². The highest BCUT2D eigenvalue weighted by Gasteiger charge is 2.29. The zero-order chi connectivity index (χ0) is 20.7. The van der Waals surface area contributed by atoms with Crippen LogP contribution in [0.5, 0.6) is 11.5 Å². The molecule has 0 aliphatic heterocycles. The third kappa shape index (κ3) is 4.56. The van der Waals surface area contributed by atoms with Crippen molar-refractivity contribution in [3.05, 3.63) is 48.5 Å². The van der Waals surface area contributed by atoms with Crippen molar-refractivity contribution in [3.63, 3.8) is 0 Å². The first-order chi connectivity index (χ1) is 13.4. The number of hydrogen-bond donors (Lipinski definition) is 0. The van der Waals surface area contributed by atoms with Crippen molar-refractivity contribution in [1.29, 1.82) is 0 Å². The second-order valence-electron chi connectivity index (χ2n) is 5.93. The van der Waals surface area contributed by atoms with Crippen LogP contribution in [0, 0.1) is 0 Å². The molecule has 0 unspecified atom stereocenters. The standard InChI is InChI=1S/C20H26N2O5S/c1-5-21(6-2)20(23)15-22(28(24,25)17-10-8-7-9-11-17)16-12-13-18(26-3)19(14-16)27-4/h7-14H,5-6,15H2,1-4H3. The zero-order valence-corrected chi connectivity index (χ0v) is 17.4. The van der Waals surface area contributed by atoms with Gasteiger partial charge in [0.2, 0.25) is 5.91 Å². The third-order valence-corrected chi connectivity index (χ3v) is 6.17. The number of anilines is 1. The maximum Gasteiger partial charge on any atom is 0.264 e. The second-order valence-corrected chi connectivity index (χ2v) is 7.79. The van der Waals surface area contributed by atoms with Gasteiger partial charge in [0.1, 0.15) is 6.54 Å². The zero-order valence-electron chi connectivity index (χ0n) is 16.6. The summed E-state index contributed by atoms with van der Waals surface area (Å²) in [7, 11) is -0.983. The predicted octanol–water partition coefficient (Wildman–Crippen LogP) is 2.77. The van der Waals surface area contributed by atoms with Crippen molar-refractivity contribution in [1.82, 2.24) is 4.90 Å². The van der Waals surface area contributed by atoms with Crippen LogP contribution in [-0.2, 0) is 14.8 Å². The molecule has 7 nitrogen and oxygen atoms in total. The first kappa shape index (κ1) is 21.6. The number of ether oxygens (including phenoxy) is 2. The van der Waals surface area contributed by atoms with Crippen LogP contribution in [0.4, 0.5) is 5.69 Å². The van der Waals surface area contributed by atoms with Gasteiger partial charge in [-0.25, -0.2) is 8.42 Å². The van der Waals surface area contributed by atoms with E-state index in [1.807, 2.05) is 13.8 Å². The smallest absolute Gasteiger partial charge is 0.264 e. The van der Waals surface area contributed by atoms with Crippen molar-refractivity contribution in [3.8, 4) is 11.5 Å². The maximum atomic E-state index is 13.3. The summed E-state index contributed by atoms with van der Waals surface area (Å²) < 4.78 is 38.2. The molecule has 0 aromatic heterocycles. The van der Waals surface area contributed by atoms with Crippen LogP contribution in [0.15, 0.2) is 53.4 Å². The Morgan fingerprint density at radius 2 is 1.54 bits per heavy atom. The Balaban J connectivity index is 2.55. The number of benzene rings is 2. The molecule has 2 aromatic carbocycles. The molecule has 0 fully saturated rings. The molecule has 0 aliphatic carbocycles. The van der Waals surface area contributed by atoms with Crippen molar-refractivity contribution >= 4 is 21.6 Å². The van der Waals surface area contributed by atoms with Crippen molar-refractivity contribution in [2.75, 3.05) is 38.2 Å². The summed E-state index contributed by atoms with van der Waals surface area (Å²) in [6.07, 6.45) is 0. The van der Waals surface area contributed by atoms with Crippen LogP contribution in [0.2, 0.25) is 0 Å². The monoisotopic (exact) mass is 406 g/mol. The van der Waals surface area contributed by atoms with E-state index in [4.69, 9.17) is 9.47 Å². The average molecular weight is 407 g/mol. The number of sulfonamides is 1. The Bertz CT molecular complexity index is 896. The van der Waals surface area contributed by atoms with Crippen molar-refractivity contribution in [2.24, 2.45) is 0 Å². The number of rotatable bonds is 9. The van der Waals surface area contributed by atoms with Gasteiger partial charge in [0.05, 0.1) is 24.8 Å². The Hall–Kier alpha value is -2.74. The molecule has 2 aromatic rings. The van der Waals surface area contributed by atoms with E-state index in [0.717, 1.165) is 4.31 Å². The molecule has 0 atom stereocenters. The molecule has 152 valence electrons. The molecule has 0 radical (unpaired) electrons. The van der Waals surface area contributed by atoms with Gasteiger partial charge in [-0.15, -0.1) is 0 Å². The number of hydrogen-bond acceptors (Lipinski definition) is 5. The van der Waals surface area contributed by atoms with E-state index in [2.05, 4.69) is 0 Å². The largest absolute Gasteiger partial charge is 0.493 e. The Morgan fingerprint density at radius 3 is 2.07 bits per heavy atom. The van der Waals surface area contributed by atoms with Gasteiger partial charge < -0.3 is 14.4 Å². The number of carbonyl (C=O) groups excluding carboxylic acids is 1. The van der Waals surface area contributed by atoms with E-state index < -0.39 is 10.0 Å². The van der Waals surface area contributed by atoms with E-state index in [-0.39, 0.29) is 17.3 Å². The Morgan fingerprint density at radius 1 is 0.929 bits per heavy atom. The fourth-order valence-electron chi connectivity index (χ4n) is 2.81. The molecule has 0 N–H and O–H groups in total. The summed E-state index contributed by atoms with van der Waals surface area (Å²) in [6.45, 7) is 4.40. The fraction of sp³-hybridized carbons (Fsp3) is 0.350. The van der Waals surface area contributed by atoms with Crippen LogP contribution in [0.25, 0.3) is 0 Å². The minimum Gasteiger partial charge on any atom is -0.493 e. The van der Waals surface area contributed by atoms with E-state index >= 15 is 0 Å². The molecule has 1 amide bonds. The molecule has 0 saturated heterocycles. The lowest BCUT2D eigenvalue weighted by Gasteiger charge is -2.27. The van der Waals surface area contributed by atoms with E-state index in [9.17, 15) is 13.2 Å². The quantitative estimate of drug-likeness (QED) is 0.640. The van der Waals surface area contributed by atoms with Gasteiger partial charge in [-0.2, -0.15) is 0 Å². The lowest BCUT2D eigenvalue weighted by Crippen LogP contribution is -2.43. The topological polar surface area (TPSA) is 76.2 Å². The minimum absolute atomic E-state index is 0.108. The van der Waals surface area contributed by atoms with Crippen LogP contribution >= 0.6 is 0 Å². The molecule has 0 aliphatic rings. The summed E-state index contributed by atoms with van der Waals surface area (Å²) in [5.41, 5.74) is 0.321. The number of methoxy groups -OCH3 is 2. The molecular weight excluding hydrogens is 380 g/mol. The first-order valence-corrected chi connectivity index (χ1v) is 10.4. The third-order valence-electron chi connectivity index (χ3n) is 4.38. The number of nitrogens with zero attached hydrogens (tertiary/aromatic N) is 2. The Kier molecular flexibility index (Phi) is 7.28. The second kappa shape index (κ2) is 9.45. The van der Waals surface area contributed by atoms with Gasteiger partial charge in [0, 0.05) is 19.2 Å². The average Bonchev–Trinajstić information content (AvgIpc) is 2.72. The lowest BCUT2D eigenvalue weighted by molar-refractivity contribution is -0.129.